The van der Waals surface area contributed by atoms with Gasteiger partial charge in [-0.1, -0.05) is 0 Å². The summed E-state index contributed by atoms with van der Waals surface area (Å²) >= 11 is 0. The molecule has 5 heavy (non-hydrogen) atoms. The van der Waals surface area contributed by atoms with Crippen LogP contribution in [0.1, 0.15) is 6.92 Å². The quantitative estimate of drug-likeness (QED) is 0.358. The van der Waals surface area contributed by atoms with Crippen LogP contribution in [0.25, 0.3) is 0 Å². The van der Waals surface area contributed by atoms with Crippen LogP contribution in [0.3, 0.4) is 0 Å². The van der Waals surface area contributed by atoms with E-state index in [1.165, 1.54) is 0 Å². The number of hydrogen-bond donors (Lipinski definition) is 0. The monoisotopic (exact) mass is 188 g/mol. The van der Waals surface area contributed by atoms with E-state index in [1.54, 1.807) is 0 Å². The van der Waals surface area contributed by atoms with E-state index in [1.807, 2.05) is 0 Å². The van der Waals surface area contributed by atoms with E-state index in [2.05, 4.69) is 0 Å². The van der Waals surface area contributed by atoms with Gasteiger partial charge in [-0.25, -0.2) is 0 Å². The van der Waals surface area contributed by atoms with Gasteiger partial charge in [0, 0.05) is 5.97 Å². The smallest absolute Gasteiger partial charge is 0.235 e. The standard InChI is InChI=1S/C2H4O2.H2I/c1-2(3)4;/h1H3,(H,3,4);1H2/q;+1/p-1. The first-order chi connectivity index (χ1) is 1.73. The van der Waals surface area contributed by atoms with Crippen molar-refractivity contribution in [2.75, 3.05) is 0 Å². The Morgan fingerprint density at radius 2 is 1.80 bits per heavy atom. The molecular weight excluding hydrogens is 183 g/mol. The van der Waals surface area contributed by atoms with Gasteiger partial charge in [-0.2, -0.15) is 0 Å². The Morgan fingerprint density at radius 1 is 1.80 bits per heavy atom. The lowest BCUT2D eigenvalue weighted by Crippen LogP contribution is -3.00. The first-order valence-electron chi connectivity index (χ1n) is 0.908. The van der Waals surface area contributed by atoms with Crippen LogP contribution < -0.4 is 29.1 Å². The second-order valence-corrected chi connectivity index (χ2v) is 0.492. The third kappa shape index (κ3) is 508. The number of halogens is 1. The van der Waals surface area contributed by atoms with E-state index in [0.29, 0.717) is 0 Å². The fourth-order valence-corrected chi connectivity index (χ4v) is 0. The molecule has 0 aromatic carbocycles. The van der Waals surface area contributed by atoms with E-state index >= 15 is 0 Å². The van der Waals surface area contributed by atoms with Crippen molar-refractivity contribution in [3.63, 3.8) is 0 Å². The minimum Gasteiger partial charge on any atom is -0.550 e. The molecule has 0 aliphatic carbocycles. The average Bonchev–Trinajstić information content (AvgIpc) is 0.811. The third-order valence-corrected chi connectivity index (χ3v) is 0. The number of carboxylic acids is 1. The Bertz CT molecular complexity index is 30.6. The summed E-state index contributed by atoms with van der Waals surface area (Å²) in [6.07, 6.45) is 0. The maximum Gasteiger partial charge on any atom is 0.235 e. The zero-order valence-corrected chi connectivity index (χ0v) is 5.32. The molecule has 0 aromatic heterocycles. The van der Waals surface area contributed by atoms with Gasteiger partial charge >= 0.3 is 0 Å². The lowest BCUT2D eigenvalue weighted by atomic mass is 10.9. The van der Waals surface area contributed by atoms with E-state index in [4.69, 9.17) is 9.90 Å². The molecule has 0 aliphatic rings. The van der Waals surface area contributed by atoms with Crippen molar-refractivity contribution in [3.05, 3.63) is 0 Å². The fourth-order valence-electron chi connectivity index (χ4n) is 0. The van der Waals surface area contributed by atoms with E-state index in [-0.39, 0.29) is 24.0 Å². The van der Waals surface area contributed by atoms with Gasteiger partial charge in [-0.05, 0) is 6.92 Å². The summed E-state index contributed by atoms with van der Waals surface area (Å²) in [5.41, 5.74) is 0. The van der Waals surface area contributed by atoms with Crippen molar-refractivity contribution < 1.29 is 33.9 Å². The first-order valence-corrected chi connectivity index (χ1v) is 0.908. The molecule has 0 aromatic rings. The zero-order chi connectivity index (χ0) is 3.58. The fraction of sp³-hybridized carbons (Fsp3) is 0.500. The van der Waals surface area contributed by atoms with E-state index in [0.717, 1.165) is 6.92 Å². The van der Waals surface area contributed by atoms with E-state index < -0.39 is 5.97 Å². The normalized spacial score (nSPS) is 5.00. The Morgan fingerprint density at radius 3 is 1.80 bits per heavy atom. The number of rotatable bonds is 0. The summed E-state index contributed by atoms with van der Waals surface area (Å²) in [5, 5.41) is 8.89. The average molecular weight is 188 g/mol. The van der Waals surface area contributed by atoms with Crippen LogP contribution in [-0.4, -0.2) is 5.97 Å². The van der Waals surface area contributed by atoms with Crippen molar-refractivity contribution in [2.45, 2.75) is 6.92 Å². The minimum absolute atomic E-state index is 0. The van der Waals surface area contributed by atoms with Gasteiger partial charge in [0.1, 0.15) is 0 Å². The van der Waals surface area contributed by atoms with Crippen molar-refractivity contribution in [2.24, 2.45) is 0 Å². The molecule has 0 N–H and O–H groups in total. The van der Waals surface area contributed by atoms with Crippen LogP contribution in [0, 0.1) is 0 Å². The van der Waals surface area contributed by atoms with Gasteiger partial charge in [0.2, 0.25) is 24.0 Å². The molecule has 0 heterocycles. The molecule has 0 radical (unpaired) electrons. The highest BCUT2D eigenvalue weighted by atomic mass is 127. The maximum absolute atomic E-state index is 8.89. The van der Waals surface area contributed by atoms with Crippen LogP contribution in [0.5, 0.6) is 0 Å². The summed E-state index contributed by atoms with van der Waals surface area (Å²) in [6, 6.07) is 0. The molecule has 0 rings (SSSR count). The van der Waals surface area contributed by atoms with Crippen LogP contribution >= 0.6 is 0 Å². The molecule has 0 bridgehead atoms. The third-order valence-electron chi connectivity index (χ3n) is 0. The largest absolute Gasteiger partial charge is 0.550 e. The Balaban J connectivity index is 0. The summed E-state index contributed by atoms with van der Waals surface area (Å²) in [7, 11) is 0. The molecule has 0 saturated heterocycles. The van der Waals surface area contributed by atoms with Crippen LogP contribution in [0.2, 0.25) is 0 Å². The van der Waals surface area contributed by atoms with Crippen LogP contribution in [-0.2, 0) is 4.79 Å². The molecule has 3 heteroatoms. The molecule has 2 nitrogen and oxygen atoms in total. The van der Waals surface area contributed by atoms with Gasteiger partial charge in [-0.3, -0.25) is 0 Å². The summed E-state index contributed by atoms with van der Waals surface area (Å²) < 4.78 is 0. The van der Waals surface area contributed by atoms with Gasteiger partial charge in [-0.15, -0.1) is 0 Å². The van der Waals surface area contributed by atoms with Crippen molar-refractivity contribution in [1.82, 2.24) is 0 Å². The van der Waals surface area contributed by atoms with Gasteiger partial charge in [0.15, 0.2) is 0 Å². The maximum atomic E-state index is 8.89. The number of hydrogen-bond acceptors (Lipinski definition) is 2. The molecule has 0 unspecified atom stereocenters. The van der Waals surface area contributed by atoms with Crippen molar-refractivity contribution in [3.8, 4) is 0 Å². The lowest BCUT2D eigenvalue weighted by Gasteiger charge is -1.77. The van der Waals surface area contributed by atoms with Gasteiger partial charge in [0.05, 0.1) is 0 Å². The highest BCUT2D eigenvalue weighted by Crippen LogP contribution is 1.31. The van der Waals surface area contributed by atoms with Crippen LogP contribution in [0.4, 0.5) is 0 Å². The SMILES string of the molecule is CC(=O)[O-].[IH2+]. The minimum atomic E-state index is -1.08. The Kier molecular flexibility index (Phi) is 7.52. The zero-order valence-electron chi connectivity index (χ0n) is 2.76. The topological polar surface area (TPSA) is 40.1 Å². The lowest BCUT2D eigenvalue weighted by molar-refractivity contribution is -0.302. The molecule has 0 fully saturated rings. The summed E-state index contributed by atoms with van der Waals surface area (Å²) in [5.74, 6) is -1.08. The van der Waals surface area contributed by atoms with Crippen molar-refractivity contribution >= 4 is 5.97 Å². The Hall–Kier alpha value is 0.200. The van der Waals surface area contributed by atoms with Crippen LogP contribution in [0.15, 0.2) is 0 Å². The highest BCUT2D eigenvalue weighted by molar-refractivity contribution is 5.60. The van der Waals surface area contributed by atoms with E-state index in [9.17, 15) is 0 Å². The number of carbonyl (C=O) groups is 1. The predicted molar refractivity (Wildman–Crippen MR) is 13.5 cm³/mol. The number of carbonyl (C=O) groups excluding carboxylic acids is 1. The number of carboxylic acid groups (broad SMARTS) is 1. The van der Waals surface area contributed by atoms with Crippen molar-refractivity contribution in [1.29, 1.82) is 0 Å². The molecule has 0 atom stereocenters. The predicted octanol–water partition coefficient (Wildman–Crippen LogP) is -4.78. The summed E-state index contributed by atoms with van der Waals surface area (Å²) in [6.45, 7) is 0.972. The first kappa shape index (κ1) is 8.96. The molecule has 32 valence electrons. The molecule has 0 amide bonds. The summed E-state index contributed by atoms with van der Waals surface area (Å²) in [4.78, 5) is 8.89. The molecule has 0 saturated carbocycles. The van der Waals surface area contributed by atoms with Gasteiger partial charge < -0.3 is 9.90 Å². The highest BCUT2D eigenvalue weighted by Gasteiger charge is 1.46. The second kappa shape index (κ2) is 4.20. The molecule has 0 aliphatic heterocycles. The Labute approximate surface area is 47.2 Å². The van der Waals surface area contributed by atoms with Gasteiger partial charge in [0.25, 0.3) is 0 Å². The number of aliphatic carboxylic acids is 1. The molecular formula is C2H5IO2. The second-order valence-electron chi connectivity index (χ2n) is 0.492. The molecule has 0 spiro atoms.